The summed E-state index contributed by atoms with van der Waals surface area (Å²) >= 11 is 3.40. The summed E-state index contributed by atoms with van der Waals surface area (Å²) in [4.78, 5) is 12.4. The van der Waals surface area contributed by atoms with E-state index in [4.69, 9.17) is 5.73 Å². The van der Waals surface area contributed by atoms with E-state index in [1.807, 2.05) is 25.1 Å². The number of benzene rings is 1. The largest absolute Gasteiger partial charge is 0.345 e. The van der Waals surface area contributed by atoms with E-state index in [2.05, 4.69) is 21.2 Å². The van der Waals surface area contributed by atoms with Crippen molar-refractivity contribution < 1.29 is 4.79 Å². The van der Waals surface area contributed by atoms with E-state index < -0.39 is 0 Å². The number of nitrogens with two attached hydrogens (primary N) is 1. The van der Waals surface area contributed by atoms with Gasteiger partial charge in [-0.2, -0.15) is 0 Å². The summed E-state index contributed by atoms with van der Waals surface area (Å²) < 4.78 is 0.923. The van der Waals surface area contributed by atoms with Crippen LogP contribution in [0.4, 0.5) is 0 Å². The van der Waals surface area contributed by atoms with Gasteiger partial charge in [0.2, 0.25) is 0 Å². The van der Waals surface area contributed by atoms with Crippen molar-refractivity contribution in [3.05, 3.63) is 33.8 Å². The lowest BCUT2D eigenvalue weighted by molar-refractivity contribution is 0.0902. The average molecular weight is 311 g/mol. The fourth-order valence-electron chi connectivity index (χ4n) is 2.58. The van der Waals surface area contributed by atoms with Crippen LogP contribution in [0.15, 0.2) is 22.7 Å². The Kier molecular flexibility index (Phi) is 4.07. The smallest absolute Gasteiger partial charge is 0.252 e. The minimum Gasteiger partial charge on any atom is -0.345 e. The lowest BCUT2D eigenvalue weighted by Crippen LogP contribution is -2.51. The van der Waals surface area contributed by atoms with E-state index in [1.54, 1.807) is 0 Å². The van der Waals surface area contributed by atoms with Crippen molar-refractivity contribution >= 4 is 21.8 Å². The molecule has 0 saturated heterocycles. The van der Waals surface area contributed by atoms with Crippen molar-refractivity contribution in [2.24, 2.45) is 5.73 Å². The summed E-state index contributed by atoms with van der Waals surface area (Å²) in [6.07, 6.45) is 4.27. The molecule has 1 aliphatic rings. The molecule has 0 unspecified atom stereocenters. The molecule has 18 heavy (non-hydrogen) atoms. The normalized spacial score (nSPS) is 17.7. The maximum atomic E-state index is 12.4. The fraction of sp³-hybridized carbons (Fsp3) is 0.500. The van der Waals surface area contributed by atoms with Crippen molar-refractivity contribution in [2.45, 2.75) is 38.1 Å². The zero-order valence-corrected chi connectivity index (χ0v) is 12.2. The number of hydrogen-bond acceptors (Lipinski definition) is 2. The Morgan fingerprint density at radius 1 is 1.44 bits per heavy atom. The number of aryl methyl sites for hydroxylation is 1. The lowest BCUT2D eigenvalue weighted by Gasteiger charge is -2.29. The van der Waals surface area contributed by atoms with E-state index in [0.29, 0.717) is 6.54 Å². The van der Waals surface area contributed by atoms with Gasteiger partial charge >= 0.3 is 0 Å². The van der Waals surface area contributed by atoms with Gasteiger partial charge in [0.1, 0.15) is 0 Å². The van der Waals surface area contributed by atoms with Gasteiger partial charge < -0.3 is 11.1 Å². The second-order valence-electron chi connectivity index (χ2n) is 5.10. The van der Waals surface area contributed by atoms with Crippen LogP contribution in [0.2, 0.25) is 0 Å². The van der Waals surface area contributed by atoms with Crippen molar-refractivity contribution in [1.29, 1.82) is 0 Å². The number of halogens is 1. The molecule has 2 rings (SSSR count). The molecule has 0 bridgehead atoms. The average Bonchev–Trinajstić information content (AvgIpc) is 2.81. The molecule has 98 valence electrons. The van der Waals surface area contributed by atoms with Crippen molar-refractivity contribution in [3.63, 3.8) is 0 Å². The van der Waals surface area contributed by atoms with Crippen LogP contribution in [-0.4, -0.2) is 18.0 Å². The molecule has 1 saturated carbocycles. The Balaban J connectivity index is 2.18. The Morgan fingerprint density at radius 3 is 2.72 bits per heavy atom. The first-order chi connectivity index (χ1) is 8.56. The third-order valence-electron chi connectivity index (χ3n) is 3.77. The molecule has 0 radical (unpaired) electrons. The van der Waals surface area contributed by atoms with E-state index in [-0.39, 0.29) is 11.4 Å². The molecule has 0 aromatic heterocycles. The monoisotopic (exact) mass is 310 g/mol. The Bertz CT molecular complexity index is 453. The number of hydrogen-bond donors (Lipinski definition) is 2. The highest BCUT2D eigenvalue weighted by Crippen LogP contribution is 2.29. The highest BCUT2D eigenvalue weighted by Gasteiger charge is 2.34. The molecule has 1 amide bonds. The highest BCUT2D eigenvalue weighted by molar-refractivity contribution is 9.10. The van der Waals surface area contributed by atoms with Crippen LogP contribution in [0, 0.1) is 6.92 Å². The van der Waals surface area contributed by atoms with Gasteiger partial charge in [0, 0.05) is 16.6 Å². The van der Waals surface area contributed by atoms with Gasteiger partial charge in [0.25, 0.3) is 5.91 Å². The second-order valence-corrected chi connectivity index (χ2v) is 6.02. The SMILES string of the molecule is Cc1ccc(Br)cc1C(=O)NC1(CN)CCCC1. The lowest BCUT2D eigenvalue weighted by atomic mass is 9.96. The summed E-state index contributed by atoms with van der Waals surface area (Å²) in [6, 6.07) is 5.76. The molecule has 1 aromatic rings. The second kappa shape index (κ2) is 5.41. The summed E-state index contributed by atoms with van der Waals surface area (Å²) in [5.74, 6) is -0.0128. The predicted molar refractivity (Wildman–Crippen MR) is 76.6 cm³/mol. The zero-order valence-electron chi connectivity index (χ0n) is 10.6. The predicted octanol–water partition coefficient (Wildman–Crippen LogP) is 2.76. The summed E-state index contributed by atoms with van der Waals surface area (Å²) in [5, 5.41) is 3.14. The first kappa shape index (κ1) is 13.6. The Hall–Kier alpha value is -0.870. The third-order valence-corrected chi connectivity index (χ3v) is 4.27. The topological polar surface area (TPSA) is 55.1 Å². The number of carbonyl (C=O) groups excluding carboxylic acids is 1. The van der Waals surface area contributed by atoms with Gasteiger partial charge in [-0.3, -0.25) is 4.79 Å². The van der Waals surface area contributed by atoms with E-state index in [1.165, 1.54) is 0 Å². The van der Waals surface area contributed by atoms with Gasteiger partial charge in [-0.1, -0.05) is 34.8 Å². The molecule has 1 aromatic carbocycles. The summed E-state index contributed by atoms with van der Waals surface area (Å²) in [7, 11) is 0. The number of carbonyl (C=O) groups is 1. The minimum absolute atomic E-state index is 0.0128. The number of nitrogens with one attached hydrogen (secondary N) is 1. The Morgan fingerprint density at radius 2 is 2.11 bits per heavy atom. The maximum absolute atomic E-state index is 12.4. The Labute approximate surface area is 116 Å². The van der Waals surface area contributed by atoms with Crippen LogP contribution in [0.5, 0.6) is 0 Å². The third kappa shape index (κ3) is 2.75. The van der Waals surface area contributed by atoms with Crippen LogP contribution >= 0.6 is 15.9 Å². The molecule has 1 aliphatic carbocycles. The van der Waals surface area contributed by atoms with E-state index in [0.717, 1.165) is 41.3 Å². The van der Waals surface area contributed by atoms with Crippen LogP contribution in [0.25, 0.3) is 0 Å². The molecule has 0 aliphatic heterocycles. The van der Waals surface area contributed by atoms with Crippen molar-refractivity contribution in [3.8, 4) is 0 Å². The zero-order chi connectivity index (χ0) is 13.2. The van der Waals surface area contributed by atoms with E-state index in [9.17, 15) is 4.79 Å². The van der Waals surface area contributed by atoms with Gasteiger partial charge in [-0.15, -0.1) is 0 Å². The summed E-state index contributed by atoms with van der Waals surface area (Å²) in [6.45, 7) is 2.47. The standard InChI is InChI=1S/C14H19BrN2O/c1-10-4-5-11(15)8-12(10)13(18)17-14(9-16)6-2-3-7-14/h4-5,8H,2-3,6-7,9,16H2,1H3,(H,17,18). The van der Waals surface area contributed by atoms with Gasteiger partial charge in [-0.25, -0.2) is 0 Å². The molecule has 0 spiro atoms. The van der Waals surface area contributed by atoms with Gasteiger partial charge in [0.15, 0.2) is 0 Å². The molecule has 3 N–H and O–H groups in total. The summed E-state index contributed by atoms with van der Waals surface area (Å²) in [5.41, 5.74) is 7.36. The van der Waals surface area contributed by atoms with Crippen LogP contribution in [-0.2, 0) is 0 Å². The molecule has 3 nitrogen and oxygen atoms in total. The van der Waals surface area contributed by atoms with Gasteiger partial charge in [0.05, 0.1) is 5.54 Å². The molecule has 4 heteroatoms. The highest BCUT2D eigenvalue weighted by atomic mass is 79.9. The maximum Gasteiger partial charge on any atom is 0.252 e. The fourth-order valence-corrected chi connectivity index (χ4v) is 2.94. The van der Waals surface area contributed by atoms with Gasteiger partial charge in [-0.05, 0) is 37.5 Å². The van der Waals surface area contributed by atoms with Crippen molar-refractivity contribution in [1.82, 2.24) is 5.32 Å². The van der Waals surface area contributed by atoms with Crippen molar-refractivity contribution in [2.75, 3.05) is 6.54 Å². The van der Waals surface area contributed by atoms with Crippen LogP contribution < -0.4 is 11.1 Å². The molecule has 0 atom stereocenters. The van der Waals surface area contributed by atoms with Crippen LogP contribution in [0.3, 0.4) is 0 Å². The molecular formula is C14H19BrN2O. The molecule has 0 heterocycles. The minimum atomic E-state index is -0.189. The molecule has 1 fully saturated rings. The quantitative estimate of drug-likeness (QED) is 0.902. The first-order valence-corrected chi connectivity index (χ1v) is 7.14. The molecular weight excluding hydrogens is 292 g/mol. The number of amides is 1. The van der Waals surface area contributed by atoms with E-state index >= 15 is 0 Å². The number of rotatable bonds is 3. The van der Waals surface area contributed by atoms with Crippen LogP contribution in [0.1, 0.15) is 41.6 Å². The first-order valence-electron chi connectivity index (χ1n) is 6.35.